The number of nitrogens with zero attached hydrogens (tertiary/aromatic N) is 5. The molecule has 0 saturated carbocycles. The first-order valence-electron chi connectivity index (χ1n) is 10.1. The van der Waals surface area contributed by atoms with Crippen LogP contribution in [-0.2, 0) is 11.3 Å². The summed E-state index contributed by atoms with van der Waals surface area (Å²) in [5.74, 6) is 1.07. The van der Waals surface area contributed by atoms with Gasteiger partial charge in [-0.15, -0.1) is 0 Å². The number of piperidine rings is 1. The summed E-state index contributed by atoms with van der Waals surface area (Å²) in [4.78, 5) is 29.0. The molecular weight excluding hydrogens is 354 g/mol. The fourth-order valence-corrected chi connectivity index (χ4v) is 5.65. The maximum atomic E-state index is 13.3. The highest BCUT2D eigenvalue weighted by Gasteiger charge is 2.65. The van der Waals surface area contributed by atoms with Crippen LogP contribution in [0.4, 0.5) is 5.95 Å². The van der Waals surface area contributed by atoms with Crippen LogP contribution in [0.3, 0.4) is 0 Å². The van der Waals surface area contributed by atoms with Crippen LogP contribution in [-0.4, -0.2) is 65.4 Å². The van der Waals surface area contributed by atoms with Crippen LogP contribution in [0.15, 0.2) is 41.5 Å². The molecule has 2 spiro atoms. The van der Waals surface area contributed by atoms with Gasteiger partial charge in [0.1, 0.15) is 0 Å². The summed E-state index contributed by atoms with van der Waals surface area (Å²) in [6.45, 7) is 5.39. The van der Waals surface area contributed by atoms with Gasteiger partial charge >= 0.3 is 0 Å². The fraction of sp³-hybridized carbons (Fsp3) is 0.571. The number of hydrogen-bond donors (Lipinski definition) is 0. The molecule has 3 aliphatic rings. The molecule has 7 heteroatoms. The van der Waals surface area contributed by atoms with Gasteiger partial charge in [0.05, 0.1) is 17.9 Å². The zero-order chi connectivity index (χ0) is 19.2. The van der Waals surface area contributed by atoms with E-state index in [1.54, 1.807) is 18.7 Å². The third-order valence-electron chi connectivity index (χ3n) is 7.23. The summed E-state index contributed by atoms with van der Waals surface area (Å²) in [6, 6.07) is 3.87. The van der Waals surface area contributed by atoms with Crippen molar-refractivity contribution in [2.75, 3.05) is 44.7 Å². The van der Waals surface area contributed by atoms with Gasteiger partial charge in [0.25, 0.3) is 0 Å². The summed E-state index contributed by atoms with van der Waals surface area (Å²) < 4.78 is 5.22. The van der Waals surface area contributed by atoms with Crippen molar-refractivity contribution < 1.29 is 9.21 Å². The molecule has 0 bridgehead atoms. The number of furan rings is 1. The quantitative estimate of drug-likeness (QED) is 0.810. The molecule has 28 heavy (non-hydrogen) atoms. The minimum absolute atomic E-state index is 0.000933. The summed E-state index contributed by atoms with van der Waals surface area (Å²) in [6.07, 6.45) is 10.1. The summed E-state index contributed by atoms with van der Waals surface area (Å²) in [5, 5.41) is 0. The van der Waals surface area contributed by atoms with Gasteiger partial charge in [-0.2, -0.15) is 0 Å². The van der Waals surface area contributed by atoms with E-state index in [0.717, 1.165) is 64.5 Å². The second-order valence-electron chi connectivity index (χ2n) is 8.65. The normalized spacial score (nSPS) is 27.4. The summed E-state index contributed by atoms with van der Waals surface area (Å²) >= 11 is 0. The lowest BCUT2D eigenvalue weighted by Gasteiger charge is -2.46. The molecule has 0 unspecified atom stereocenters. The number of carbonyl (C=O) groups is 1. The van der Waals surface area contributed by atoms with Crippen molar-refractivity contribution in [3.05, 3.63) is 42.6 Å². The number of amides is 1. The van der Waals surface area contributed by atoms with E-state index in [1.165, 1.54) is 5.56 Å². The summed E-state index contributed by atoms with van der Waals surface area (Å²) in [5.41, 5.74) is 0.914. The van der Waals surface area contributed by atoms with Crippen LogP contribution >= 0.6 is 0 Å². The van der Waals surface area contributed by atoms with Crippen molar-refractivity contribution in [3.8, 4) is 0 Å². The molecule has 7 nitrogen and oxygen atoms in total. The molecule has 5 heterocycles. The minimum Gasteiger partial charge on any atom is -0.472 e. The second kappa shape index (κ2) is 6.58. The molecule has 0 radical (unpaired) electrons. The molecular formula is C21H27N5O2. The van der Waals surface area contributed by atoms with E-state index in [2.05, 4.69) is 19.8 Å². The molecule has 3 aliphatic heterocycles. The van der Waals surface area contributed by atoms with Crippen LogP contribution in [0.1, 0.15) is 24.8 Å². The number of likely N-dealkylation sites (tertiary alicyclic amines) is 2. The first-order valence-corrected chi connectivity index (χ1v) is 10.1. The Morgan fingerprint density at radius 2 is 1.89 bits per heavy atom. The number of hydrogen-bond acceptors (Lipinski definition) is 6. The molecule has 0 N–H and O–H groups in total. The number of rotatable bonds is 3. The second-order valence-corrected chi connectivity index (χ2v) is 8.65. The molecule has 1 atom stereocenters. The number of anilines is 1. The van der Waals surface area contributed by atoms with Crippen molar-refractivity contribution in [2.45, 2.75) is 25.8 Å². The third-order valence-corrected chi connectivity index (χ3v) is 7.23. The first kappa shape index (κ1) is 17.7. The number of carbonyl (C=O) groups excluding carboxylic acids is 1. The van der Waals surface area contributed by atoms with Crippen molar-refractivity contribution in [2.24, 2.45) is 10.8 Å². The highest BCUT2D eigenvalue weighted by atomic mass is 16.3. The van der Waals surface area contributed by atoms with Gasteiger partial charge in [-0.3, -0.25) is 9.69 Å². The Balaban J connectivity index is 1.40. The van der Waals surface area contributed by atoms with Gasteiger partial charge in [0.15, 0.2) is 0 Å². The fourth-order valence-electron chi connectivity index (χ4n) is 5.65. The minimum atomic E-state index is -0.303. The monoisotopic (exact) mass is 381 g/mol. The summed E-state index contributed by atoms with van der Waals surface area (Å²) in [7, 11) is 1.94. The van der Waals surface area contributed by atoms with E-state index in [0.29, 0.717) is 5.91 Å². The molecule has 1 amide bonds. The van der Waals surface area contributed by atoms with E-state index in [9.17, 15) is 4.79 Å². The Hall–Kier alpha value is -2.41. The van der Waals surface area contributed by atoms with E-state index < -0.39 is 0 Å². The highest BCUT2D eigenvalue weighted by molar-refractivity contribution is 5.87. The lowest BCUT2D eigenvalue weighted by molar-refractivity contribution is -0.141. The predicted molar refractivity (Wildman–Crippen MR) is 105 cm³/mol. The standard InChI is InChI=1S/C21H27N5O2/c1-24-9-6-21(18(24)27)16-26(19-22-7-2-8-23-19)15-20(21)4-10-25(11-5-20)13-17-3-12-28-14-17/h2-3,7-8,12,14H,4-6,9-11,13,15-16H2,1H3/t21-/m0/s1. The van der Waals surface area contributed by atoms with E-state index in [1.807, 2.05) is 30.3 Å². The maximum absolute atomic E-state index is 13.3. The van der Waals surface area contributed by atoms with E-state index in [-0.39, 0.29) is 10.8 Å². The molecule has 3 fully saturated rings. The molecule has 0 aliphatic carbocycles. The Bertz CT molecular complexity index is 832. The van der Waals surface area contributed by atoms with E-state index in [4.69, 9.17) is 4.42 Å². The van der Waals surface area contributed by atoms with Gasteiger partial charge in [-0.05, 0) is 44.5 Å². The zero-order valence-corrected chi connectivity index (χ0v) is 16.4. The average Bonchev–Trinajstić information content (AvgIpc) is 3.42. The van der Waals surface area contributed by atoms with Crippen molar-refractivity contribution in [3.63, 3.8) is 0 Å². The van der Waals surface area contributed by atoms with Gasteiger partial charge in [-0.1, -0.05) is 0 Å². The average molecular weight is 381 g/mol. The van der Waals surface area contributed by atoms with Crippen molar-refractivity contribution >= 4 is 11.9 Å². The smallest absolute Gasteiger partial charge is 0.231 e. The molecule has 3 saturated heterocycles. The van der Waals surface area contributed by atoms with Gasteiger partial charge < -0.3 is 14.2 Å². The lowest BCUT2D eigenvalue weighted by atomic mass is 9.60. The van der Waals surface area contributed by atoms with Crippen LogP contribution in [0.5, 0.6) is 0 Å². The number of aromatic nitrogens is 2. The van der Waals surface area contributed by atoms with Crippen LogP contribution < -0.4 is 4.90 Å². The number of fused-ring (bicyclic) bond motifs is 1. The molecule has 2 aromatic rings. The topological polar surface area (TPSA) is 65.7 Å². The first-order chi connectivity index (χ1) is 13.6. The maximum Gasteiger partial charge on any atom is 0.231 e. The Labute approximate surface area is 165 Å². The molecule has 0 aromatic carbocycles. The van der Waals surface area contributed by atoms with Crippen molar-refractivity contribution in [1.82, 2.24) is 19.8 Å². The zero-order valence-electron chi connectivity index (χ0n) is 16.4. The highest BCUT2D eigenvalue weighted by Crippen LogP contribution is 2.58. The lowest BCUT2D eigenvalue weighted by Crippen LogP contribution is -2.52. The molecule has 2 aromatic heterocycles. The van der Waals surface area contributed by atoms with Gasteiger partial charge in [0.2, 0.25) is 11.9 Å². The predicted octanol–water partition coefficient (Wildman–Crippen LogP) is 2.02. The Morgan fingerprint density at radius 3 is 2.54 bits per heavy atom. The van der Waals surface area contributed by atoms with Crippen molar-refractivity contribution in [1.29, 1.82) is 0 Å². The van der Waals surface area contributed by atoms with Crippen LogP contribution in [0, 0.1) is 10.8 Å². The van der Waals surface area contributed by atoms with Crippen LogP contribution in [0.25, 0.3) is 0 Å². The van der Waals surface area contributed by atoms with Gasteiger partial charge in [-0.25, -0.2) is 9.97 Å². The third kappa shape index (κ3) is 2.64. The van der Waals surface area contributed by atoms with Gasteiger partial charge in [0, 0.05) is 56.6 Å². The Morgan fingerprint density at radius 1 is 1.11 bits per heavy atom. The Kier molecular flexibility index (Phi) is 4.16. The molecule has 5 rings (SSSR count). The molecule has 148 valence electrons. The SMILES string of the molecule is CN1CC[C@]2(CN(c3ncccn3)CC23CCN(Cc2ccoc2)CC3)C1=O. The largest absolute Gasteiger partial charge is 0.472 e. The van der Waals surface area contributed by atoms with E-state index >= 15 is 0 Å². The van der Waals surface area contributed by atoms with Crippen LogP contribution in [0.2, 0.25) is 0 Å².